The summed E-state index contributed by atoms with van der Waals surface area (Å²) in [5.41, 5.74) is 1.07. The maximum Gasteiger partial charge on any atom is 0.217 e. The van der Waals surface area contributed by atoms with Gasteiger partial charge in [0.2, 0.25) is 5.91 Å². The lowest BCUT2D eigenvalue weighted by molar-refractivity contribution is -0.119. The molecule has 0 saturated carbocycles. The molecule has 0 fully saturated rings. The van der Waals surface area contributed by atoms with Gasteiger partial charge >= 0.3 is 0 Å². The average Bonchev–Trinajstić information content (AvgIpc) is 2.93. The van der Waals surface area contributed by atoms with Crippen LogP contribution in [0.4, 0.5) is 0 Å². The predicted molar refractivity (Wildman–Crippen MR) is 79.2 cm³/mol. The van der Waals surface area contributed by atoms with Crippen molar-refractivity contribution in [1.82, 2.24) is 5.32 Å². The summed E-state index contributed by atoms with van der Waals surface area (Å²) in [5.74, 6) is 1.51. The fourth-order valence-corrected chi connectivity index (χ4v) is 2.27. The third-order valence-corrected chi connectivity index (χ3v) is 3.23. The molecular formula is C17H15NO2. The van der Waals surface area contributed by atoms with Crippen molar-refractivity contribution in [2.24, 2.45) is 0 Å². The minimum atomic E-state index is -0.0619. The van der Waals surface area contributed by atoms with Crippen LogP contribution in [0.25, 0.3) is 22.1 Å². The van der Waals surface area contributed by atoms with Crippen molar-refractivity contribution < 1.29 is 9.21 Å². The van der Waals surface area contributed by atoms with Gasteiger partial charge in [0, 0.05) is 12.5 Å². The molecule has 0 aliphatic heterocycles. The zero-order valence-electron chi connectivity index (χ0n) is 11.2. The van der Waals surface area contributed by atoms with Crippen molar-refractivity contribution in [3.63, 3.8) is 0 Å². The Morgan fingerprint density at radius 3 is 2.70 bits per heavy atom. The fourth-order valence-electron chi connectivity index (χ4n) is 2.27. The van der Waals surface area contributed by atoms with Crippen LogP contribution < -0.4 is 5.32 Å². The number of hydrogen-bond acceptors (Lipinski definition) is 2. The van der Waals surface area contributed by atoms with E-state index < -0.39 is 0 Å². The second kappa shape index (κ2) is 5.21. The number of amides is 1. The summed E-state index contributed by atoms with van der Waals surface area (Å²) in [6.45, 7) is 1.91. The SMILES string of the molecule is CC(=O)NCc1ccc(-c2cccc3ccccc23)o1. The molecule has 0 unspecified atom stereocenters. The quantitative estimate of drug-likeness (QED) is 0.784. The van der Waals surface area contributed by atoms with Gasteiger partial charge in [0.1, 0.15) is 11.5 Å². The highest BCUT2D eigenvalue weighted by atomic mass is 16.3. The molecule has 1 amide bonds. The van der Waals surface area contributed by atoms with Crippen LogP contribution in [0, 0.1) is 0 Å². The Hall–Kier alpha value is -2.55. The molecule has 0 spiro atoms. The molecule has 0 radical (unpaired) electrons. The topological polar surface area (TPSA) is 42.2 Å². The van der Waals surface area contributed by atoms with Gasteiger partial charge in [-0.1, -0.05) is 42.5 Å². The minimum absolute atomic E-state index is 0.0619. The summed E-state index contributed by atoms with van der Waals surface area (Å²) < 4.78 is 5.81. The molecular weight excluding hydrogens is 250 g/mol. The Morgan fingerprint density at radius 2 is 1.85 bits per heavy atom. The van der Waals surface area contributed by atoms with Gasteiger partial charge in [-0.05, 0) is 22.9 Å². The first-order valence-corrected chi connectivity index (χ1v) is 6.55. The first kappa shape index (κ1) is 12.5. The molecule has 1 N–H and O–H groups in total. The summed E-state index contributed by atoms with van der Waals surface area (Å²) in [4.78, 5) is 10.9. The van der Waals surface area contributed by atoms with Crippen molar-refractivity contribution in [3.05, 3.63) is 60.4 Å². The molecule has 3 nitrogen and oxygen atoms in total. The maximum atomic E-state index is 10.9. The van der Waals surface area contributed by atoms with E-state index in [9.17, 15) is 4.79 Å². The van der Waals surface area contributed by atoms with Crippen LogP contribution >= 0.6 is 0 Å². The molecule has 0 bridgehead atoms. The lowest BCUT2D eigenvalue weighted by Crippen LogP contribution is -2.18. The van der Waals surface area contributed by atoms with Gasteiger partial charge < -0.3 is 9.73 Å². The molecule has 0 saturated heterocycles. The van der Waals surface area contributed by atoms with E-state index in [2.05, 4.69) is 23.5 Å². The zero-order chi connectivity index (χ0) is 13.9. The molecule has 3 rings (SSSR count). The molecule has 20 heavy (non-hydrogen) atoms. The van der Waals surface area contributed by atoms with E-state index in [0.29, 0.717) is 6.54 Å². The largest absolute Gasteiger partial charge is 0.459 e. The summed E-state index contributed by atoms with van der Waals surface area (Å²) >= 11 is 0. The number of furan rings is 1. The summed E-state index contributed by atoms with van der Waals surface area (Å²) in [7, 11) is 0. The van der Waals surface area contributed by atoms with Crippen LogP contribution in [0.1, 0.15) is 12.7 Å². The molecule has 3 heteroatoms. The monoisotopic (exact) mass is 265 g/mol. The van der Waals surface area contributed by atoms with E-state index in [1.165, 1.54) is 12.3 Å². The maximum absolute atomic E-state index is 10.9. The second-order valence-corrected chi connectivity index (χ2v) is 4.70. The van der Waals surface area contributed by atoms with E-state index in [0.717, 1.165) is 22.5 Å². The number of nitrogens with one attached hydrogen (secondary N) is 1. The van der Waals surface area contributed by atoms with E-state index in [1.807, 2.05) is 36.4 Å². The number of fused-ring (bicyclic) bond motifs is 1. The summed E-state index contributed by atoms with van der Waals surface area (Å²) in [5, 5.41) is 5.08. The molecule has 2 aromatic carbocycles. The number of benzene rings is 2. The fraction of sp³-hybridized carbons (Fsp3) is 0.118. The first-order chi connectivity index (χ1) is 9.74. The summed E-state index contributed by atoms with van der Waals surface area (Å²) in [6.07, 6.45) is 0. The lowest BCUT2D eigenvalue weighted by Gasteiger charge is -2.04. The smallest absolute Gasteiger partial charge is 0.217 e. The number of carbonyl (C=O) groups is 1. The predicted octanol–water partition coefficient (Wildman–Crippen LogP) is 3.74. The highest BCUT2D eigenvalue weighted by molar-refractivity contribution is 5.95. The van der Waals surface area contributed by atoms with Crippen LogP contribution in [0.15, 0.2) is 59.0 Å². The van der Waals surface area contributed by atoms with Crippen molar-refractivity contribution in [2.45, 2.75) is 13.5 Å². The van der Waals surface area contributed by atoms with Gasteiger partial charge in [0.05, 0.1) is 6.54 Å². The van der Waals surface area contributed by atoms with Gasteiger partial charge in [0.15, 0.2) is 0 Å². The van der Waals surface area contributed by atoms with Gasteiger partial charge in [-0.15, -0.1) is 0 Å². The Morgan fingerprint density at radius 1 is 1.05 bits per heavy atom. The first-order valence-electron chi connectivity index (χ1n) is 6.55. The molecule has 100 valence electrons. The van der Waals surface area contributed by atoms with Crippen LogP contribution in [0.2, 0.25) is 0 Å². The molecule has 0 aliphatic carbocycles. The van der Waals surface area contributed by atoms with Crippen molar-refractivity contribution >= 4 is 16.7 Å². The van der Waals surface area contributed by atoms with Crippen molar-refractivity contribution in [3.8, 4) is 11.3 Å². The summed E-state index contributed by atoms with van der Waals surface area (Å²) in [6, 6.07) is 18.2. The van der Waals surface area contributed by atoms with Crippen LogP contribution in [0.5, 0.6) is 0 Å². The Balaban J connectivity index is 1.97. The highest BCUT2D eigenvalue weighted by Gasteiger charge is 2.08. The highest BCUT2D eigenvalue weighted by Crippen LogP contribution is 2.29. The second-order valence-electron chi connectivity index (χ2n) is 4.70. The Labute approximate surface area is 117 Å². The molecule has 1 heterocycles. The Bertz CT molecular complexity index is 753. The minimum Gasteiger partial charge on any atom is -0.459 e. The van der Waals surface area contributed by atoms with E-state index in [1.54, 1.807) is 0 Å². The molecule has 3 aromatic rings. The number of rotatable bonds is 3. The van der Waals surface area contributed by atoms with E-state index in [-0.39, 0.29) is 5.91 Å². The van der Waals surface area contributed by atoms with Crippen molar-refractivity contribution in [1.29, 1.82) is 0 Å². The van der Waals surface area contributed by atoms with Gasteiger partial charge in [-0.25, -0.2) is 0 Å². The normalized spacial score (nSPS) is 10.7. The van der Waals surface area contributed by atoms with Crippen LogP contribution in [-0.4, -0.2) is 5.91 Å². The third kappa shape index (κ3) is 2.43. The van der Waals surface area contributed by atoms with E-state index >= 15 is 0 Å². The van der Waals surface area contributed by atoms with Crippen LogP contribution in [-0.2, 0) is 11.3 Å². The van der Waals surface area contributed by atoms with E-state index in [4.69, 9.17) is 4.42 Å². The molecule has 0 aliphatic rings. The van der Waals surface area contributed by atoms with Gasteiger partial charge in [-0.2, -0.15) is 0 Å². The van der Waals surface area contributed by atoms with Gasteiger partial charge in [0.25, 0.3) is 0 Å². The Kier molecular flexibility index (Phi) is 3.25. The average molecular weight is 265 g/mol. The number of hydrogen-bond donors (Lipinski definition) is 1. The zero-order valence-corrected chi connectivity index (χ0v) is 11.2. The van der Waals surface area contributed by atoms with Crippen molar-refractivity contribution in [2.75, 3.05) is 0 Å². The molecule has 1 aromatic heterocycles. The third-order valence-electron chi connectivity index (χ3n) is 3.23. The standard InChI is InChI=1S/C17H15NO2/c1-12(19)18-11-14-9-10-17(20-14)16-8-4-6-13-5-2-3-7-15(13)16/h2-10H,11H2,1H3,(H,18,19). The molecule has 0 atom stereocenters. The number of carbonyl (C=O) groups excluding carboxylic acids is 1. The van der Waals surface area contributed by atoms with Gasteiger partial charge in [-0.3, -0.25) is 4.79 Å². The lowest BCUT2D eigenvalue weighted by atomic mass is 10.0. The van der Waals surface area contributed by atoms with Crippen LogP contribution in [0.3, 0.4) is 0 Å².